The molecule has 1 aromatic heterocycles. The molecule has 1 aliphatic heterocycles. The Balaban J connectivity index is 0.00000288. The van der Waals surface area contributed by atoms with Crippen LogP contribution in [-0.4, -0.2) is 60.6 Å². The number of aliphatic imine (C=N–C) groups is 1. The summed E-state index contributed by atoms with van der Waals surface area (Å²) in [5, 5.41) is 3.49. The molecule has 138 valence electrons. The summed E-state index contributed by atoms with van der Waals surface area (Å²) in [6.45, 7) is 7.69. The largest absolute Gasteiger partial charge is 0.355 e. The quantitative estimate of drug-likeness (QED) is 0.375. The third-order valence-corrected chi connectivity index (χ3v) is 5.07. The van der Waals surface area contributed by atoms with Crippen LogP contribution in [0.15, 0.2) is 21.7 Å². The van der Waals surface area contributed by atoms with E-state index in [1.54, 1.807) is 0 Å². The number of piperidine rings is 1. The summed E-state index contributed by atoms with van der Waals surface area (Å²) in [4.78, 5) is 9.12. The van der Waals surface area contributed by atoms with Crippen molar-refractivity contribution in [2.24, 2.45) is 18.0 Å². The predicted molar refractivity (Wildman–Crippen MR) is 116 cm³/mol. The highest BCUT2D eigenvalue weighted by atomic mass is 127. The van der Waals surface area contributed by atoms with Gasteiger partial charge >= 0.3 is 0 Å². The Hall–Kier alpha value is -0.280. The number of hydrogen-bond donors (Lipinski definition) is 1. The second-order valence-corrected chi connectivity index (χ2v) is 7.53. The van der Waals surface area contributed by atoms with Crippen LogP contribution in [0.3, 0.4) is 0 Å². The van der Waals surface area contributed by atoms with Gasteiger partial charge in [0.15, 0.2) is 5.96 Å². The molecule has 1 fully saturated rings. The Morgan fingerprint density at radius 3 is 2.62 bits per heavy atom. The average molecular weight is 512 g/mol. The second kappa shape index (κ2) is 10.7. The van der Waals surface area contributed by atoms with E-state index in [1.807, 2.05) is 7.05 Å². The highest BCUT2D eigenvalue weighted by molar-refractivity contribution is 14.0. The number of nitrogens with one attached hydrogen (secondary N) is 1. The first kappa shape index (κ1) is 21.8. The van der Waals surface area contributed by atoms with Crippen LogP contribution in [0.25, 0.3) is 0 Å². The van der Waals surface area contributed by atoms with Crippen LogP contribution >= 0.6 is 39.9 Å². The van der Waals surface area contributed by atoms with Gasteiger partial charge in [-0.25, -0.2) is 0 Å². The zero-order valence-electron chi connectivity index (χ0n) is 15.3. The summed E-state index contributed by atoms with van der Waals surface area (Å²) in [6, 6.07) is 2.15. The van der Waals surface area contributed by atoms with Gasteiger partial charge in [0, 0.05) is 50.6 Å². The third kappa shape index (κ3) is 6.55. The lowest BCUT2D eigenvalue weighted by atomic mass is 9.99. The molecule has 0 atom stereocenters. The first-order chi connectivity index (χ1) is 11.0. The lowest BCUT2D eigenvalue weighted by Gasteiger charge is -2.30. The number of likely N-dealkylation sites (tertiary alicyclic amines) is 1. The molecule has 2 rings (SSSR count). The smallest absolute Gasteiger partial charge is 0.193 e. The SMILES string of the molecule is CN=C(NCCN1CCC(C)CC1)N(C)Cc1cc(Br)cn1C.I. The van der Waals surface area contributed by atoms with Crippen molar-refractivity contribution in [3.05, 3.63) is 22.4 Å². The Morgan fingerprint density at radius 2 is 2.08 bits per heavy atom. The van der Waals surface area contributed by atoms with Crippen molar-refractivity contribution in [1.82, 2.24) is 19.7 Å². The fourth-order valence-corrected chi connectivity index (χ4v) is 3.61. The Kier molecular flexibility index (Phi) is 9.66. The number of rotatable bonds is 5. The van der Waals surface area contributed by atoms with E-state index in [1.165, 1.54) is 31.6 Å². The molecule has 0 aromatic carbocycles. The molecule has 1 saturated heterocycles. The average Bonchev–Trinajstić information content (AvgIpc) is 2.83. The first-order valence-electron chi connectivity index (χ1n) is 8.44. The molecule has 5 nitrogen and oxygen atoms in total. The molecule has 0 bridgehead atoms. The van der Waals surface area contributed by atoms with Gasteiger partial charge in [-0.3, -0.25) is 4.99 Å². The summed E-state index contributed by atoms with van der Waals surface area (Å²) in [5.41, 5.74) is 1.26. The Morgan fingerprint density at radius 1 is 1.42 bits per heavy atom. The molecule has 0 amide bonds. The minimum Gasteiger partial charge on any atom is -0.355 e. The van der Waals surface area contributed by atoms with Crippen molar-refractivity contribution in [3.63, 3.8) is 0 Å². The number of guanidine groups is 1. The monoisotopic (exact) mass is 511 g/mol. The lowest BCUT2D eigenvalue weighted by molar-refractivity contribution is 0.195. The normalized spacial score (nSPS) is 16.8. The molecule has 0 spiro atoms. The van der Waals surface area contributed by atoms with Crippen molar-refractivity contribution in [1.29, 1.82) is 0 Å². The molecule has 1 N–H and O–H groups in total. The van der Waals surface area contributed by atoms with Gasteiger partial charge in [0.1, 0.15) is 0 Å². The van der Waals surface area contributed by atoms with Crippen LogP contribution in [0.1, 0.15) is 25.5 Å². The minimum atomic E-state index is 0. The number of aromatic nitrogens is 1. The van der Waals surface area contributed by atoms with E-state index in [9.17, 15) is 0 Å². The first-order valence-corrected chi connectivity index (χ1v) is 9.23. The lowest BCUT2D eigenvalue weighted by Crippen LogP contribution is -2.43. The van der Waals surface area contributed by atoms with Crippen molar-refractivity contribution >= 4 is 45.9 Å². The van der Waals surface area contributed by atoms with E-state index in [-0.39, 0.29) is 24.0 Å². The van der Waals surface area contributed by atoms with E-state index in [0.29, 0.717) is 0 Å². The zero-order valence-corrected chi connectivity index (χ0v) is 19.2. The number of halogens is 2. The van der Waals surface area contributed by atoms with Gasteiger partial charge in [-0.05, 0) is 53.8 Å². The zero-order chi connectivity index (χ0) is 16.8. The van der Waals surface area contributed by atoms with Crippen LogP contribution in [0.5, 0.6) is 0 Å². The standard InChI is InChI=1S/C17H30BrN5.HI/c1-14-5-8-23(9-6-14)10-7-20-17(19-2)22(4)13-16-11-15(18)12-21(16)3;/h11-12,14H,5-10,13H2,1-4H3,(H,19,20);1H. The maximum absolute atomic E-state index is 4.41. The Bertz CT molecular complexity index is 523. The van der Waals surface area contributed by atoms with E-state index in [2.05, 4.69) is 73.9 Å². The number of hydrogen-bond acceptors (Lipinski definition) is 2. The van der Waals surface area contributed by atoms with E-state index in [4.69, 9.17) is 0 Å². The van der Waals surface area contributed by atoms with Gasteiger partial charge < -0.3 is 19.7 Å². The highest BCUT2D eigenvalue weighted by Gasteiger charge is 2.15. The molecule has 0 unspecified atom stereocenters. The molecule has 0 saturated carbocycles. The molecule has 1 aliphatic rings. The number of aryl methyl sites for hydroxylation is 1. The van der Waals surface area contributed by atoms with Crippen LogP contribution in [-0.2, 0) is 13.6 Å². The van der Waals surface area contributed by atoms with Gasteiger partial charge in [0.2, 0.25) is 0 Å². The maximum atomic E-state index is 4.41. The molecular formula is C17H31BrIN5. The van der Waals surface area contributed by atoms with E-state index < -0.39 is 0 Å². The topological polar surface area (TPSA) is 35.8 Å². The van der Waals surface area contributed by atoms with Crippen LogP contribution in [0.2, 0.25) is 0 Å². The summed E-state index contributed by atoms with van der Waals surface area (Å²) in [5.74, 6) is 1.84. The van der Waals surface area contributed by atoms with Gasteiger partial charge in [-0.1, -0.05) is 6.92 Å². The van der Waals surface area contributed by atoms with Gasteiger partial charge in [0.05, 0.1) is 6.54 Å². The van der Waals surface area contributed by atoms with E-state index >= 15 is 0 Å². The van der Waals surface area contributed by atoms with Crippen LogP contribution in [0, 0.1) is 5.92 Å². The summed E-state index contributed by atoms with van der Waals surface area (Å²) >= 11 is 3.53. The molecule has 1 aromatic rings. The molecule has 2 heterocycles. The second-order valence-electron chi connectivity index (χ2n) is 6.61. The summed E-state index contributed by atoms with van der Waals surface area (Å²) in [7, 11) is 6.00. The third-order valence-electron chi connectivity index (χ3n) is 4.63. The van der Waals surface area contributed by atoms with Crippen molar-refractivity contribution in [2.75, 3.05) is 40.3 Å². The van der Waals surface area contributed by atoms with Gasteiger partial charge in [-0.2, -0.15) is 0 Å². The van der Waals surface area contributed by atoms with Crippen LogP contribution < -0.4 is 5.32 Å². The molecule has 24 heavy (non-hydrogen) atoms. The minimum absolute atomic E-state index is 0. The highest BCUT2D eigenvalue weighted by Crippen LogP contribution is 2.16. The molecule has 0 radical (unpaired) electrons. The van der Waals surface area contributed by atoms with Gasteiger partial charge in [0.25, 0.3) is 0 Å². The predicted octanol–water partition coefficient (Wildman–Crippen LogP) is 3.14. The Labute approximate surface area is 172 Å². The molecular weight excluding hydrogens is 481 g/mol. The van der Waals surface area contributed by atoms with Crippen molar-refractivity contribution in [3.8, 4) is 0 Å². The van der Waals surface area contributed by atoms with Crippen LogP contribution in [0.4, 0.5) is 0 Å². The molecule has 0 aliphatic carbocycles. The maximum Gasteiger partial charge on any atom is 0.193 e. The van der Waals surface area contributed by atoms with Crippen molar-refractivity contribution in [2.45, 2.75) is 26.3 Å². The fourth-order valence-electron chi connectivity index (χ4n) is 3.04. The van der Waals surface area contributed by atoms with Crippen molar-refractivity contribution < 1.29 is 0 Å². The fraction of sp³-hybridized carbons (Fsp3) is 0.706. The van der Waals surface area contributed by atoms with E-state index in [0.717, 1.165) is 36.0 Å². The summed E-state index contributed by atoms with van der Waals surface area (Å²) < 4.78 is 3.26. The van der Waals surface area contributed by atoms with Gasteiger partial charge in [-0.15, -0.1) is 24.0 Å². The number of nitrogens with zero attached hydrogens (tertiary/aromatic N) is 4. The summed E-state index contributed by atoms with van der Waals surface area (Å²) in [6.07, 6.45) is 4.74. The molecule has 7 heteroatoms.